The smallest absolute Gasteiger partial charge is 0.131 e. The number of aryl methyl sites for hydroxylation is 1. The van der Waals surface area contributed by atoms with E-state index >= 15 is 0 Å². The Morgan fingerprint density at radius 1 is 1.38 bits per heavy atom. The van der Waals surface area contributed by atoms with Crippen LogP contribution in [0.25, 0.3) is 0 Å². The topological polar surface area (TPSA) is 43.2 Å². The normalized spacial score (nSPS) is 19.9. The molecule has 1 fully saturated rings. The molecule has 0 bridgehead atoms. The lowest BCUT2D eigenvalue weighted by Gasteiger charge is -2.32. The average Bonchev–Trinajstić information content (AvgIpc) is 2.84. The molecule has 1 saturated heterocycles. The van der Waals surface area contributed by atoms with Crippen molar-refractivity contribution >= 4 is 0 Å². The van der Waals surface area contributed by atoms with E-state index in [1.165, 1.54) is 16.9 Å². The summed E-state index contributed by atoms with van der Waals surface area (Å²) in [6.07, 6.45) is 1.32. The number of hydrogen-bond donors (Lipinski definition) is 0. The molecule has 0 radical (unpaired) electrons. The van der Waals surface area contributed by atoms with Crippen LogP contribution in [0.15, 0.2) is 24.4 Å². The van der Waals surface area contributed by atoms with Crippen LogP contribution in [0.2, 0.25) is 0 Å². The molecule has 0 amide bonds. The summed E-state index contributed by atoms with van der Waals surface area (Å²) in [5, 5.41) is 8.26. The van der Waals surface area contributed by atoms with Gasteiger partial charge in [-0.1, -0.05) is 6.07 Å². The standard InChI is InChI=1S/C14H16F2N4O/c1-19-17-7-11(18-19)8-20-4-5-21-14(9-20)12-3-2-10(15)6-13(12)16/h2-3,6-7,14H,4-5,8-9H2,1H3. The predicted molar refractivity (Wildman–Crippen MR) is 71.3 cm³/mol. The van der Waals surface area contributed by atoms with Gasteiger partial charge in [0.25, 0.3) is 0 Å². The molecule has 2 aromatic rings. The fourth-order valence-corrected chi connectivity index (χ4v) is 2.49. The SMILES string of the molecule is Cn1ncc(CN2CCOC(c3ccc(F)cc3F)C2)n1. The van der Waals surface area contributed by atoms with Crippen LogP contribution in [0.3, 0.4) is 0 Å². The number of rotatable bonds is 3. The minimum absolute atomic E-state index is 0.389. The number of benzene rings is 1. The maximum absolute atomic E-state index is 13.8. The van der Waals surface area contributed by atoms with E-state index in [4.69, 9.17) is 4.74 Å². The molecule has 1 aromatic heterocycles. The lowest BCUT2D eigenvalue weighted by atomic mass is 10.1. The number of morpholine rings is 1. The van der Waals surface area contributed by atoms with Crippen LogP contribution < -0.4 is 0 Å². The first-order chi connectivity index (χ1) is 10.1. The van der Waals surface area contributed by atoms with Crippen LogP contribution in [0.5, 0.6) is 0 Å². The maximum Gasteiger partial charge on any atom is 0.131 e. The van der Waals surface area contributed by atoms with Crippen LogP contribution in [0.4, 0.5) is 8.78 Å². The van der Waals surface area contributed by atoms with Gasteiger partial charge in [0, 0.05) is 38.3 Å². The van der Waals surface area contributed by atoms with Gasteiger partial charge >= 0.3 is 0 Å². The van der Waals surface area contributed by atoms with Gasteiger partial charge in [0.15, 0.2) is 0 Å². The van der Waals surface area contributed by atoms with Gasteiger partial charge in [-0.15, -0.1) is 0 Å². The van der Waals surface area contributed by atoms with Crippen molar-refractivity contribution in [1.82, 2.24) is 19.9 Å². The fourth-order valence-electron chi connectivity index (χ4n) is 2.49. The van der Waals surface area contributed by atoms with Gasteiger partial charge in [0.1, 0.15) is 11.6 Å². The third-order valence-electron chi connectivity index (χ3n) is 3.49. The van der Waals surface area contributed by atoms with Crippen molar-refractivity contribution in [3.63, 3.8) is 0 Å². The molecule has 0 spiro atoms. The van der Waals surface area contributed by atoms with Crippen LogP contribution >= 0.6 is 0 Å². The zero-order chi connectivity index (χ0) is 14.8. The predicted octanol–water partition coefficient (Wildman–Crippen LogP) is 1.67. The summed E-state index contributed by atoms with van der Waals surface area (Å²) >= 11 is 0. The van der Waals surface area contributed by atoms with Crippen molar-refractivity contribution in [1.29, 1.82) is 0 Å². The zero-order valence-corrected chi connectivity index (χ0v) is 11.7. The molecular formula is C14H16F2N4O. The van der Waals surface area contributed by atoms with E-state index in [1.54, 1.807) is 13.2 Å². The Bertz CT molecular complexity index is 631. The lowest BCUT2D eigenvalue weighted by molar-refractivity contribution is -0.0349. The summed E-state index contributed by atoms with van der Waals surface area (Å²) in [6, 6.07) is 3.59. The highest BCUT2D eigenvalue weighted by molar-refractivity contribution is 5.21. The Kier molecular flexibility index (Phi) is 3.94. The molecule has 3 rings (SSSR count). The van der Waals surface area contributed by atoms with E-state index in [0.717, 1.165) is 18.3 Å². The van der Waals surface area contributed by atoms with Gasteiger partial charge in [0.2, 0.25) is 0 Å². The van der Waals surface area contributed by atoms with Crippen molar-refractivity contribution in [2.75, 3.05) is 19.7 Å². The Balaban J connectivity index is 1.70. The van der Waals surface area contributed by atoms with Crippen LogP contribution in [0.1, 0.15) is 17.4 Å². The second-order valence-electron chi connectivity index (χ2n) is 5.09. The van der Waals surface area contributed by atoms with Gasteiger partial charge in [-0.2, -0.15) is 15.0 Å². The number of ether oxygens (including phenoxy) is 1. The Hall–Kier alpha value is -1.86. The van der Waals surface area contributed by atoms with Crippen molar-refractivity contribution < 1.29 is 13.5 Å². The molecule has 1 aliphatic rings. The maximum atomic E-state index is 13.8. The third kappa shape index (κ3) is 3.25. The largest absolute Gasteiger partial charge is 0.371 e. The van der Waals surface area contributed by atoms with Crippen molar-refractivity contribution in [2.24, 2.45) is 7.05 Å². The summed E-state index contributed by atoms with van der Waals surface area (Å²) < 4.78 is 32.4. The minimum atomic E-state index is -0.580. The number of aromatic nitrogens is 3. The van der Waals surface area contributed by atoms with Gasteiger partial charge in [-0.25, -0.2) is 8.78 Å². The molecule has 0 aliphatic carbocycles. The van der Waals surface area contributed by atoms with Crippen molar-refractivity contribution in [3.8, 4) is 0 Å². The molecule has 1 unspecified atom stereocenters. The third-order valence-corrected chi connectivity index (χ3v) is 3.49. The van der Waals surface area contributed by atoms with E-state index in [-0.39, 0.29) is 0 Å². The van der Waals surface area contributed by atoms with Crippen molar-refractivity contribution in [3.05, 3.63) is 47.3 Å². The van der Waals surface area contributed by atoms with Crippen LogP contribution in [-0.4, -0.2) is 39.6 Å². The van der Waals surface area contributed by atoms with E-state index in [1.807, 2.05) is 0 Å². The number of nitrogens with zero attached hydrogens (tertiary/aromatic N) is 4. The average molecular weight is 294 g/mol. The summed E-state index contributed by atoms with van der Waals surface area (Å²) in [5.74, 6) is -1.15. The highest BCUT2D eigenvalue weighted by atomic mass is 19.1. The molecule has 5 nitrogen and oxygen atoms in total. The van der Waals surface area contributed by atoms with Gasteiger partial charge in [-0.05, 0) is 6.07 Å². The van der Waals surface area contributed by atoms with E-state index in [9.17, 15) is 8.78 Å². The van der Waals surface area contributed by atoms with Gasteiger partial charge in [0.05, 0.1) is 24.6 Å². The molecule has 1 aliphatic heterocycles. The second-order valence-corrected chi connectivity index (χ2v) is 5.09. The van der Waals surface area contributed by atoms with Crippen molar-refractivity contribution in [2.45, 2.75) is 12.6 Å². The summed E-state index contributed by atoms with van der Waals surface area (Å²) in [7, 11) is 1.76. The van der Waals surface area contributed by atoms with E-state index < -0.39 is 17.7 Å². The van der Waals surface area contributed by atoms with E-state index in [0.29, 0.717) is 25.3 Å². The molecule has 1 aromatic carbocycles. The molecular weight excluding hydrogens is 278 g/mol. The molecule has 0 N–H and O–H groups in total. The first-order valence-electron chi connectivity index (χ1n) is 6.76. The molecule has 7 heteroatoms. The van der Waals surface area contributed by atoms with Crippen LogP contribution in [-0.2, 0) is 18.3 Å². The Morgan fingerprint density at radius 3 is 2.95 bits per heavy atom. The first-order valence-corrected chi connectivity index (χ1v) is 6.76. The first kappa shape index (κ1) is 14.1. The lowest BCUT2D eigenvalue weighted by Crippen LogP contribution is -2.38. The minimum Gasteiger partial charge on any atom is -0.371 e. The summed E-state index contributed by atoms with van der Waals surface area (Å²) in [5.41, 5.74) is 1.25. The summed E-state index contributed by atoms with van der Waals surface area (Å²) in [4.78, 5) is 3.63. The van der Waals surface area contributed by atoms with Crippen LogP contribution in [0, 0.1) is 11.6 Å². The molecule has 1 atom stereocenters. The number of halogens is 2. The number of hydrogen-bond acceptors (Lipinski definition) is 4. The quantitative estimate of drug-likeness (QED) is 0.863. The molecule has 2 heterocycles. The Morgan fingerprint density at radius 2 is 2.24 bits per heavy atom. The monoisotopic (exact) mass is 294 g/mol. The van der Waals surface area contributed by atoms with Gasteiger partial charge in [-0.3, -0.25) is 4.90 Å². The molecule has 21 heavy (non-hydrogen) atoms. The van der Waals surface area contributed by atoms with E-state index in [2.05, 4.69) is 15.1 Å². The molecule has 112 valence electrons. The fraction of sp³-hybridized carbons (Fsp3) is 0.429. The molecule has 0 saturated carbocycles. The summed E-state index contributed by atoms with van der Waals surface area (Å²) in [6.45, 7) is 2.42. The Labute approximate surface area is 121 Å². The highest BCUT2D eigenvalue weighted by Crippen LogP contribution is 2.25. The zero-order valence-electron chi connectivity index (χ0n) is 11.7. The second kappa shape index (κ2) is 5.87. The van der Waals surface area contributed by atoms with Gasteiger partial charge < -0.3 is 4.74 Å². The highest BCUT2D eigenvalue weighted by Gasteiger charge is 2.25.